The van der Waals surface area contributed by atoms with Gasteiger partial charge in [0.05, 0.1) is 17.1 Å². The number of amides is 1. The summed E-state index contributed by atoms with van der Waals surface area (Å²) in [5.41, 5.74) is 0.948. The van der Waals surface area contributed by atoms with E-state index in [-0.39, 0.29) is 17.1 Å². The molecule has 2 aromatic carbocycles. The quantitative estimate of drug-likeness (QED) is 0.866. The molecule has 5 nitrogen and oxygen atoms in total. The number of rotatable bonds is 5. The molecule has 0 atom stereocenters. The second kappa shape index (κ2) is 6.96. The lowest BCUT2D eigenvalue weighted by molar-refractivity contribution is -0.114. The Balaban J connectivity index is 2.08. The van der Waals surface area contributed by atoms with Crippen molar-refractivity contribution in [3.05, 3.63) is 53.6 Å². The van der Waals surface area contributed by atoms with Crippen LogP contribution >= 0.6 is 0 Å². The van der Waals surface area contributed by atoms with Crippen LogP contribution in [0.25, 0.3) is 0 Å². The van der Waals surface area contributed by atoms with Gasteiger partial charge in [-0.25, -0.2) is 17.2 Å². The van der Waals surface area contributed by atoms with Crippen LogP contribution in [0.3, 0.4) is 0 Å². The van der Waals surface area contributed by atoms with Gasteiger partial charge >= 0.3 is 0 Å². The van der Waals surface area contributed by atoms with Gasteiger partial charge in [0.1, 0.15) is 11.6 Å². The zero-order valence-electron chi connectivity index (χ0n) is 13.1. The molecule has 2 N–H and O–H groups in total. The zero-order chi connectivity index (χ0) is 17.9. The molecule has 0 aromatic heterocycles. The van der Waals surface area contributed by atoms with Crippen molar-refractivity contribution in [2.75, 3.05) is 23.4 Å². The van der Waals surface area contributed by atoms with Crippen molar-refractivity contribution in [2.45, 2.75) is 11.8 Å². The van der Waals surface area contributed by atoms with E-state index in [1.165, 1.54) is 12.1 Å². The Morgan fingerprint density at radius 3 is 2.46 bits per heavy atom. The number of hydrogen-bond acceptors (Lipinski definition) is 4. The largest absolute Gasteiger partial charge is 0.376 e. The molecular formula is C16H16F2N2O3S. The van der Waals surface area contributed by atoms with E-state index in [9.17, 15) is 22.0 Å². The van der Waals surface area contributed by atoms with Gasteiger partial charge in [0.2, 0.25) is 5.91 Å². The summed E-state index contributed by atoms with van der Waals surface area (Å²) < 4.78 is 49.7. The first kappa shape index (κ1) is 17.9. The third-order valence-corrected chi connectivity index (χ3v) is 4.39. The summed E-state index contributed by atoms with van der Waals surface area (Å²) >= 11 is 0. The van der Waals surface area contributed by atoms with Crippen molar-refractivity contribution in [1.29, 1.82) is 0 Å². The molecular weight excluding hydrogens is 338 g/mol. The molecule has 24 heavy (non-hydrogen) atoms. The molecule has 0 aliphatic rings. The highest BCUT2D eigenvalue weighted by molar-refractivity contribution is 7.90. The molecule has 0 saturated carbocycles. The normalized spacial score (nSPS) is 11.2. The Kier molecular flexibility index (Phi) is 5.18. The van der Waals surface area contributed by atoms with E-state index in [0.717, 1.165) is 30.0 Å². The number of nitrogens with one attached hydrogen (secondary N) is 2. The molecule has 1 amide bonds. The monoisotopic (exact) mass is 354 g/mol. The van der Waals surface area contributed by atoms with Crippen molar-refractivity contribution < 1.29 is 22.0 Å². The van der Waals surface area contributed by atoms with Crippen LogP contribution in [0.15, 0.2) is 41.3 Å². The number of aryl methyl sites for hydroxylation is 1. The van der Waals surface area contributed by atoms with Crippen LogP contribution < -0.4 is 10.6 Å². The first-order valence-electron chi connectivity index (χ1n) is 6.96. The van der Waals surface area contributed by atoms with E-state index in [0.29, 0.717) is 5.69 Å². The highest BCUT2D eigenvalue weighted by atomic mass is 32.2. The average Bonchev–Trinajstić information content (AvgIpc) is 2.49. The van der Waals surface area contributed by atoms with Crippen LogP contribution in [-0.4, -0.2) is 27.1 Å². The van der Waals surface area contributed by atoms with Crippen LogP contribution in [0.5, 0.6) is 0 Å². The van der Waals surface area contributed by atoms with Gasteiger partial charge in [-0.2, -0.15) is 0 Å². The lowest BCUT2D eigenvalue weighted by Gasteiger charge is -2.12. The van der Waals surface area contributed by atoms with E-state index < -0.39 is 27.4 Å². The summed E-state index contributed by atoms with van der Waals surface area (Å²) in [6.45, 7) is 1.52. The van der Waals surface area contributed by atoms with E-state index >= 15 is 0 Å². The second-order valence-electron chi connectivity index (χ2n) is 5.27. The highest BCUT2D eigenvalue weighted by Gasteiger charge is 2.11. The third kappa shape index (κ3) is 4.51. The van der Waals surface area contributed by atoms with Gasteiger partial charge in [-0.15, -0.1) is 0 Å². The van der Waals surface area contributed by atoms with E-state index in [1.54, 1.807) is 13.0 Å². The number of anilines is 2. The summed E-state index contributed by atoms with van der Waals surface area (Å²) in [7, 11) is -3.37. The molecule has 0 bridgehead atoms. The van der Waals surface area contributed by atoms with Crippen molar-refractivity contribution in [2.24, 2.45) is 0 Å². The molecule has 0 radical (unpaired) electrons. The number of halogens is 2. The Morgan fingerprint density at radius 1 is 1.08 bits per heavy atom. The number of carbonyl (C=O) groups excluding carboxylic acids is 1. The minimum Gasteiger partial charge on any atom is -0.376 e. The molecule has 0 fully saturated rings. The Hall–Kier alpha value is -2.48. The van der Waals surface area contributed by atoms with E-state index in [4.69, 9.17) is 0 Å². The minimum absolute atomic E-state index is 0.118. The van der Waals surface area contributed by atoms with Gasteiger partial charge in [0.25, 0.3) is 0 Å². The summed E-state index contributed by atoms with van der Waals surface area (Å²) in [5, 5.41) is 5.04. The first-order chi connectivity index (χ1) is 11.2. The summed E-state index contributed by atoms with van der Waals surface area (Å²) in [4.78, 5) is 12.0. The summed E-state index contributed by atoms with van der Waals surface area (Å²) in [5.74, 6) is -2.01. The fraction of sp³-hybridized carbons (Fsp3) is 0.188. The van der Waals surface area contributed by atoms with Crippen molar-refractivity contribution >= 4 is 27.1 Å². The van der Waals surface area contributed by atoms with Gasteiger partial charge in [0, 0.05) is 18.0 Å². The predicted octanol–water partition coefficient (Wildman–Crippen LogP) is 2.73. The van der Waals surface area contributed by atoms with Gasteiger partial charge in [-0.05, 0) is 36.8 Å². The molecule has 2 rings (SSSR count). The number of hydrogen-bond donors (Lipinski definition) is 2. The Morgan fingerprint density at radius 2 is 1.79 bits per heavy atom. The third-order valence-electron chi connectivity index (χ3n) is 3.28. The highest BCUT2D eigenvalue weighted by Crippen LogP contribution is 2.20. The minimum atomic E-state index is -3.37. The van der Waals surface area contributed by atoms with Crippen molar-refractivity contribution in [3.8, 4) is 0 Å². The standard InChI is InChI=1S/C16H16F2N2O3S/c1-10-3-5-12(24(2,22)23)8-14(10)19-9-16(21)20-15-7-11(17)4-6-13(15)18/h3-8,19H,9H2,1-2H3,(H,20,21). The molecule has 2 aromatic rings. The Bertz CT molecular complexity index is 883. The Labute approximate surface area is 138 Å². The molecule has 8 heteroatoms. The number of carbonyl (C=O) groups is 1. The fourth-order valence-electron chi connectivity index (χ4n) is 1.99. The summed E-state index contributed by atoms with van der Waals surface area (Å²) in [6, 6.07) is 7.24. The maximum Gasteiger partial charge on any atom is 0.243 e. The molecule has 0 spiro atoms. The predicted molar refractivity (Wildman–Crippen MR) is 87.8 cm³/mol. The SMILES string of the molecule is Cc1ccc(S(C)(=O)=O)cc1NCC(=O)Nc1cc(F)ccc1F. The maximum atomic E-state index is 13.5. The average molecular weight is 354 g/mol. The molecule has 0 heterocycles. The lowest BCUT2D eigenvalue weighted by Crippen LogP contribution is -2.22. The zero-order valence-corrected chi connectivity index (χ0v) is 13.9. The van der Waals surface area contributed by atoms with Crippen LogP contribution in [0, 0.1) is 18.6 Å². The first-order valence-corrected chi connectivity index (χ1v) is 8.85. The van der Waals surface area contributed by atoms with Crippen LogP contribution in [-0.2, 0) is 14.6 Å². The lowest BCUT2D eigenvalue weighted by atomic mass is 10.2. The summed E-state index contributed by atoms with van der Waals surface area (Å²) in [6.07, 6.45) is 1.08. The van der Waals surface area contributed by atoms with Crippen LogP contribution in [0.2, 0.25) is 0 Å². The van der Waals surface area contributed by atoms with Crippen molar-refractivity contribution in [3.63, 3.8) is 0 Å². The number of sulfone groups is 1. The second-order valence-corrected chi connectivity index (χ2v) is 7.29. The van der Waals surface area contributed by atoms with Crippen LogP contribution in [0.1, 0.15) is 5.56 Å². The van der Waals surface area contributed by atoms with Gasteiger partial charge in [-0.1, -0.05) is 6.07 Å². The molecule has 0 unspecified atom stereocenters. The number of benzene rings is 2. The molecule has 0 saturated heterocycles. The van der Waals surface area contributed by atoms with Gasteiger partial charge < -0.3 is 10.6 Å². The topological polar surface area (TPSA) is 75.3 Å². The molecule has 0 aliphatic heterocycles. The van der Waals surface area contributed by atoms with E-state index in [2.05, 4.69) is 10.6 Å². The smallest absolute Gasteiger partial charge is 0.243 e. The van der Waals surface area contributed by atoms with Gasteiger partial charge in [0.15, 0.2) is 9.84 Å². The fourth-order valence-corrected chi connectivity index (χ4v) is 2.63. The van der Waals surface area contributed by atoms with Crippen molar-refractivity contribution in [1.82, 2.24) is 0 Å². The van der Waals surface area contributed by atoms with Gasteiger partial charge in [-0.3, -0.25) is 4.79 Å². The molecule has 128 valence electrons. The van der Waals surface area contributed by atoms with E-state index in [1.807, 2.05) is 0 Å². The maximum absolute atomic E-state index is 13.5. The molecule has 0 aliphatic carbocycles. The van der Waals surface area contributed by atoms with Crippen LogP contribution in [0.4, 0.5) is 20.2 Å².